The van der Waals surface area contributed by atoms with E-state index < -0.39 is 0 Å². The van der Waals surface area contributed by atoms with Crippen molar-refractivity contribution in [2.75, 3.05) is 46.2 Å². The summed E-state index contributed by atoms with van der Waals surface area (Å²) in [4.78, 5) is 11.8. The molecular weight excluding hydrogens is 444 g/mol. The molecule has 0 spiro atoms. The predicted molar refractivity (Wildman–Crippen MR) is 142 cm³/mol. The van der Waals surface area contributed by atoms with Crippen LogP contribution in [-0.2, 0) is 28.5 Å². The number of unbranched alkanes of at least 4 members (excludes halogenated alkanes) is 14. The molecule has 1 fully saturated rings. The van der Waals surface area contributed by atoms with E-state index in [2.05, 4.69) is 6.92 Å². The first kappa shape index (κ1) is 32.3. The fourth-order valence-electron chi connectivity index (χ4n) is 4.33. The first-order valence-corrected chi connectivity index (χ1v) is 14.9. The Morgan fingerprint density at radius 3 is 1.71 bits per heavy atom. The zero-order valence-electron chi connectivity index (χ0n) is 22.9. The smallest absolute Gasteiger partial charge is 0.305 e. The van der Waals surface area contributed by atoms with Crippen LogP contribution in [0.25, 0.3) is 0 Å². The Morgan fingerprint density at radius 2 is 1.17 bits per heavy atom. The molecule has 0 aromatic carbocycles. The quantitative estimate of drug-likeness (QED) is 0.0912. The van der Waals surface area contributed by atoms with Gasteiger partial charge in [0.15, 0.2) is 6.29 Å². The molecule has 0 radical (unpaired) electrons. The number of esters is 1. The Morgan fingerprint density at radius 1 is 0.657 bits per heavy atom. The lowest BCUT2D eigenvalue weighted by atomic mass is 10.0. The SMILES string of the molecule is CCCCCCCCCCCCCCCCCC(=O)OCCOCCOCCOC1CCCCO1. The minimum atomic E-state index is -0.110. The maximum atomic E-state index is 11.8. The topological polar surface area (TPSA) is 63.2 Å². The number of ether oxygens (including phenoxy) is 5. The van der Waals surface area contributed by atoms with Gasteiger partial charge in [0, 0.05) is 13.0 Å². The van der Waals surface area contributed by atoms with E-state index >= 15 is 0 Å². The van der Waals surface area contributed by atoms with E-state index in [4.69, 9.17) is 23.7 Å². The normalized spacial score (nSPS) is 16.0. The third kappa shape index (κ3) is 23.5. The van der Waals surface area contributed by atoms with Gasteiger partial charge in [0.2, 0.25) is 0 Å². The van der Waals surface area contributed by atoms with Crippen LogP contribution >= 0.6 is 0 Å². The van der Waals surface area contributed by atoms with E-state index in [1.807, 2.05) is 0 Å². The van der Waals surface area contributed by atoms with Crippen molar-refractivity contribution in [3.63, 3.8) is 0 Å². The molecule has 0 aromatic heterocycles. The van der Waals surface area contributed by atoms with Crippen molar-refractivity contribution in [3.8, 4) is 0 Å². The van der Waals surface area contributed by atoms with Gasteiger partial charge in [-0.25, -0.2) is 0 Å². The number of hydrogen-bond acceptors (Lipinski definition) is 6. The predicted octanol–water partition coefficient (Wildman–Crippen LogP) is 7.37. The first-order chi connectivity index (χ1) is 17.3. The van der Waals surface area contributed by atoms with Crippen LogP contribution in [0.3, 0.4) is 0 Å². The summed E-state index contributed by atoms with van der Waals surface area (Å²) >= 11 is 0. The molecule has 0 N–H and O–H groups in total. The van der Waals surface area contributed by atoms with Gasteiger partial charge < -0.3 is 23.7 Å². The highest BCUT2D eigenvalue weighted by atomic mass is 16.7. The Balaban J connectivity index is 1.69. The minimum Gasteiger partial charge on any atom is -0.463 e. The van der Waals surface area contributed by atoms with Gasteiger partial charge in [-0.1, -0.05) is 96.8 Å². The molecular formula is C29H56O6. The first-order valence-electron chi connectivity index (χ1n) is 14.9. The van der Waals surface area contributed by atoms with Gasteiger partial charge >= 0.3 is 5.97 Å². The molecule has 6 nitrogen and oxygen atoms in total. The van der Waals surface area contributed by atoms with Crippen molar-refractivity contribution in [1.29, 1.82) is 0 Å². The largest absolute Gasteiger partial charge is 0.463 e. The van der Waals surface area contributed by atoms with Gasteiger partial charge in [-0.3, -0.25) is 4.79 Å². The van der Waals surface area contributed by atoms with Gasteiger partial charge in [-0.05, 0) is 25.7 Å². The van der Waals surface area contributed by atoms with E-state index in [1.165, 1.54) is 89.9 Å². The summed E-state index contributed by atoms with van der Waals surface area (Å²) in [5, 5.41) is 0. The molecule has 1 atom stereocenters. The fourth-order valence-corrected chi connectivity index (χ4v) is 4.33. The van der Waals surface area contributed by atoms with Crippen LogP contribution in [0.4, 0.5) is 0 Å². The van der Waals surface area contributed by atoms with Gasteiger partial charge in [0.25, 0.3) is 0 Å². The van der Waals surface area contributed by atoms with Crippen molar-refractivity contribution in [1.82, 2.24) is 0 Å². The molecule has 1 aliphatic heterocycles. The summed E-state index contributed by atoms with van der Waals surface area (Å²) in [5.74, 6) is -0.110. The van der Waals surface area contributed by atoms with Crippen LogP contribution in [-0.4, -0.2) is 58.5 Å². The Kier molecular flexibility index (Phi) is 24.4. The third-order valence-corrected chi connectivity index (χ3v) is 6.52. The van der Waals surface area contributed by atoms with Crippen LogP contribution in [0, 0.1) is 0 Å². The summed E-state index contributed by atoms with van der Waals surface area (Å²) < 4.78 is 27.3. The van der Waals surface area contributed by atoms with Crippen molar-refractivity contribution >= 4 is 5.97 Å². The number of rotatable bonds is 26. The molecule has 1 saturated heterocycles. The average molecular weight is 501 g/mol. The lowest BCUT2D eigenvalue weighted by Crippen LogP contribution is -2.24. The van der Waals surface area contributed by atoms with Crippen molar-refractivity contribution < 1.29 is 28.5 Å². The Hall–Kier alpha value is -0.690. The Labute approximate surface area is 216 Å². The molecule has 0 bridgehead atoms. The molecule has 1 rings (SSSR count). The van der Waals surface area contributed by atoms with Crippen LogP contribution in [0.1, 0.15) is 129 Å². The van der Waals surface area contributed by atoms with Crippen LogP contribution in [0.5, 0.6) is 0 Å². The van der Waals surface area contributed by atoms with Gasteiger partial charge in [-0.15, -0.1) is 0 Å². The lowest BCUT2D eigenvalue weighted by Gasteiger charge is -2.22. The summed E-state index contributed by atoms with van der Waals surface area (Å²) in [7, 11) is 0. The molecule has 0 amide bonds. The Bertz CT molecular complexity index is 439. The van der Waals surface area contributed by atoms with Gasteiger partial charge in [0.05, 0.1) is 33.0 Å². The maximum absolute atomic E-state index is 11.8. The van der Waals surface area contributed by atoms with Gasteiger partial charge in [0.1, 0.15) is 6.61 Å². The van der Waals surface area contributed by atoms with Crippen LogP contribution in [0.2, 0.25) is 0 Å². The highest BCUT2D eigenvalue weighted by Crippen LogP contribution is 2.14. The minimum absolute atomic E-state index is 0.0624. The molecule has 0 aliphatic carbocycles. The molecule has 0 aromatic rings. The highest BCUT2D eigenvalue weighted by molar-refractivity contribution is 5.69. The number of carbonyl (C=O) groups is 1. The van der Waals surface area contributed by atoms with E-state index in [-0.39, 0.29) is 12.3 Å². The monoisotopic (exact) mass is 500 g/mol. The lowest BCUT2D eigenvalue weighted by molar-refractivity contribution is -0.169. The van der Waals surface area contributed by atoms with E-state index in [0.717, 1.165) is 32.3 Å². The van der Waals surface area contributed by atoms with Crippen molar-refractivity contribution in [3.05, 3.63) is 0 Å². The van der Waals surface area contributed by atoms with Crippen LogP contribution in [0.15, 0.2) is 0 Å². The maximum Gasteiger partial charge on any atom is 0.305 e. The molecule has 1 aliphatic rings. The van der Waals surface area contributed by atoms with E-state index in [0.29, 0.717) is 46.1 Å². The fraction of sp³-hybridized carbons (Fsp3) is 0.966. The molecule has 208 valence electrons. The van der Waals surface area contributed by atoms with E-state index in [9.17, 15) is 4.79 Å². The molecule has 0 saturated carbocycles. The van der Waals surface area contributed by atoms with Crippen LogP contribution < -0.4 is 0 Å². The summed E-state index contributed by atoms with van der Waals surface area (Å²) in [6.45, 7) is 5.90. The molecule has 35 heavy (non-hydrogen) atoms. The number of hydrogen-bond donors (Lipinski definition) is 0. The molecule has 1 heterocycles. The zero-order valence-corrected chi connectivity index (χ0v) is 22.9. The third-order valence-electron chi connectivity index (χ3n) is 6.52. The van der Waals surface area contributed by atoms with Crippen molar-refractivity contribution in [2.24, 2.45) is 0 Å². The van der Waals surface area contributed by atoms with E-state index in [1.54, 1.807) is 0 Å². The zero-order chi connectivity index (χ0) is 25.1. The second-order valence-electron chi connectivity index (χ2n) is 9.81. The summed E-state index contributed by atoms with van der Waals surface area (Å²) in [6.07, 6.45) is 23.7. The second kappa shape index (κ2) is 26.4. The van der Waals surface area contributed by atoms with Crippen molar-refractivity contribution in [2.45, 2.75) is 135 Å². The average Bonchev–Trinajstić information content (AvgIpc) is 2.88. The second-order valence-corrected chi connectivity index (χ2v) is 9.81. The van der Waals surface area contributed by atoms with Gasteiger partial charge in [-0.2, -0.15) is 0 Å². The summed E-state index contributed by atoms with van der Waals surface area (Å²) in [6, 6.07) is 0. The highest BCUT2D eigenvalue weighted by Gasteiger charge is 2.13. The molecule has 6 heteroatoms. The summed E-state index contributed by atoms with van der Waals surface area (Å²) in [5.41, 5.74) is 0. The number of carbonyl (C=O) groups excluding carboxylic acids is 1. The molecule has 1 unspecified atom stereocenters. The standard InChI is InChI=1S/C29H56O6/c1-2-3-4-5-6-7-8-9-10-11-12-13-14-15-16-19-28(30)33-26-24-31-22-23-32-25-27-35-29-20-17-18-21-34-29/h29H,2-27H2,1H3.